The summed E-state index contributed by atoms with van der Waals surface area (Å²) in [5, 5.41) is 0. The van der Waals surface area contributed by atoms with Gasteiger partial charge < -0.3 is 0 Å². The van der Waals surface area contributed by atoms with Crippen molar-refractivity contribution in [3.63, 3.8) is 0 Å². The molecule has 0 N–H and O–H groups in total. The third-order valence-electron chi connectivity index (χ3n) is 3.36. The third kappa shape index (κ3) is 2.26. The van der Waals surface area contributed by atoms with Crippen LogP contribution in [0.2, 0.25) is 0 Å². The van der Waals surface area contributed by atoms with Crippen LogP contribution in [-0.2, 0) is 3.74 Å². The minimum atomic E-state index is -3.54. The second-order valence-corrected chi connectivity index (χ2v) is 10.4. The normalized spacial score (nSPS) is 11.2. The molecule has 3 aromatic rings. The van der Waals surface area contributed by atoms with E-state index in [1.807, 2.05) is 91.0 Å². The van der Waals surface area contributed by atoms with Crippen molar-refractivity contribution in [1.82, 2.24) is 0 Å². The fourth-order valence-electron chi connectivity index (χ4n) is 2.36. The summed E-state index contributed by atoms with van der Waals surface area (Å²) < 4.78 is 16.7. The summed E-state index contributed by atoms with van der Waals surface area (Å²) in [5.74, 6) is 0. The van der Waals surface area contributed by atoms with Gasteiger partial charge in [0.15, 0.2) is 0 Å². The average molecular weight is 322 g/mol. The van der Waals surface area contributed by atoms with Crippen LogP contribution in [-0.4, -0.2) is 13.5 Å². The van der Waals surface area contributed by atoms with Gasteiger partial charge in [0.25, 0.3) is 0 Å². The second-order valence-electron chi connectivity index (χ2n) is 4.62. The molecule has 0 aliphatic rings. The first-order valence-electron chi connectivity index (χ1n) is 6.59. The Balaban J connectivity index is 2.27. The summed E-state index contributed by atoms with van der Waals surface area (Å²) in [6, 6.07) is 29.4. The van der Waals surface area contributed by atoms with Gasteiger partial charge in [0, 0.05) is 0 Å². The standard InChI is InChI=1S/C18H15AsO/c20-19(16-10-4-1-5-11-16,17-12-6-2-7-13-17)18-14-8-3-9-15-18/h1-15H. The minimum absolute atomic E-state index is 0.933. The zero-order valence-electron chi connectivity index (χ0n) is 11.0. The van der Waals surface area contributed by atoms with E-state index in [-0.39, 0.29) is 0 Å². The molecule has 1 nitrogen and oxygen atoms in total. The molecule has 0 aliphatic heterocycles. The molecule has 0 atom stereocenters. The Morgan fingerprint density at radius 1 is 0.450 bits per heavy atom. The SMILES string of the molecule is O=[As](c1ccccc1)(c1ccccc1)c1ccccc1. The Labute approximate surface area is 121 Å². The molecule has 0 fully saturated rings. The maximum atomic E-state index is 13.9. The van der Waals surface area contributed by atoms with Gasteiger partial charge in [-0.15, -0.1) is 0 Å². The summed E-state index contributed by atoms with van der Waals surface area (Å²) >= 11 is -3.54. The molecule has 3 aromatic carbocycles. The zero-order chi connectivity index (χ0) is 13.8. The summed E-state index contributed by atoms with van der Waals surface area (Å²) in [4.78, 5) is 0. The van der Waals surface area contributed by atoms with Crippen molar-refractivity contribution in [1.29, 1.82) is 0 Å². The Bertz CT molecular complexity index is 618. The van der Waals surface area contributed by atoms with Crippen LogP contribution in [0.1, 0.15) is 0 Å². The molecule has 0 amide bonds. The summed E-state index contributed by atoms with van der Waals surface area (Å²) in [6.07, 6.45) is 0. The molecule has 0 saturated heterocycles. The van der Waals surface area contributed by atoms with Crippen molar-refractivity contribution >= 4 is 26.5 Å². The molecule has 0 aromatic heterocycles. The van der Waals surface area contributed by atoms with E-state index in [4.69, 9.17) is 0 Å². The Kier molecular flexibility index (Phi) is 3.62. The fourth-order valence-corrected chi connectivity index (χ4v) is 7.96. The van der Waals surface area contributed by atoms with Gasteiger partial charge in [-0.05, 0) is 0 Å². The molecule has 3 rings (SSSR count). The molecule has 0 radical (unpaired) electrons. The van der Waals surface area contributed by atoms with Crippen molar-refractivity contribution in [2.75, 3.05) is 0 Å². The van der Waals surface area contributed by atoms with Crippen molar-refractivity contribution in [3.8, 4) is 0 Å². The molecule has 20 heavy (non-hydrogen) atoms. The Morgan fingerprint density at radius 2 is 0.700 bits per heavy atom. The van der Waals surface area contributed by atoms with Crippen LogP contribution >= 0.6 is 0 Å². The van der Waals surface area contributed by atoms with Gasteiger partial charge in [-0.1, -0.05) is 0 Å². The van der Waals surface area contributed by atoms with Gasteiger partial charge in [0.05, 0.1) is 0 Å². The van der Waals surface area contributed by atoms with E-state index in [0.29, 0.717) is 0 Å². The Hall–Kier alpha value is -1.98. The van der Waals surface area contributed by atoms with E-state index in [2.05, 4.69) is 0 Å². The molecule has 0 heterocycles. The molecule has 0 bridgehead atoms. The molecular weight excluding hydrogens is 307 g/mol. The topological polar surface area (TPSA) is 17.1 Å². The number of rotatable bonds is 3. The molecule has 0 spiro atoms. The van der Waals surface area contributed by atoms with Crippen LogP contribution in [0.15, 0.2) is 91.0 Å². The van der Waals surface area contributed by atoms with Crippen molar-refractivity contribution < 1.29 is 3.74 Å². The van der Waals surface area contributed by atoms with Gasteiger partial charge in [0.1, 0.15) is 0 Å². The zero-order valence-corrected chi connectivity index (χ0v) is 12.9. The van der Waals surface area contributed by atoms with Crippen LogP contribution < -0.4 is 13.1 Å². The fraction of sp³-hybridized carbons (Fsp3) is 0. The number of hydrogen-bond acceptors (Lipinski definition) is 1. The molecule has 0 aliphatic carbocycles. The first-order chi connectivity index (χ1) is 9.82. The summed E-state index contributed by atoms with van der Waals surface area (Å²) in [5.41, 5.74) is 0. The quantitative estimate of drug-likeness (QED) is 0.675. The van der Waals surface area contributed by atoms with Crippen LogP contribution in [0.5, 0.6) is 0 Å². The maximum absolute atomic E-state index is 13.9. The van der Waals surface area contributed by atoms with E-state index < -0.39 is 13.5 Å². The number of hydrogen-bond donors (Lipinski definition) is 0. The first kappa shape index (κ1) is 13.0. The first-order valence-corrected chi connectivity index (χ1v) is 10.2. The molecular formula is C18H15AsO. The van der Waals surface area contributed by atoms with E-state index in [1.54, 1.807) is 0 Å². The second kappa shape index (κ2) is 5.56. The van der Waals surface area contributed by atoms with E-state index in [1.165, 1.54) is 0 Å². The van der Waals surface area contributed by atoms with Crippen LogP contribution in [0.25, 0.3) is 0 Å². The van der Waals surface area contributed by atoms with Gasteiger partial charge in [-0.25, -0.2) is 0 Å². The predicted molar refractivity (Wildman–Crippen MR) is 84.7 cm³/mol. The average Bonchev–Trinajstić information content (AvgIpc) is 2.56. The van der Waals surface area contributed by atoms with Gasteiger partial charge >= 0.3 is 121 Å². The van der Waals surface area contributed by atoms with Crippen LogP contribution in [0.4, 0.5) is 0 Å². The molecule has 98 valence electrons. The summed E-state index contributed by atoms with van der Waals surface area (Å²) in [6.45, 7) is 0. The van der Waals surface area contributed by atoms with E-state index in [9.17, 15) is 3.74 Å². The monoisotopic (exact) mass is 322 g/mol. The van der Waals surface area contributed by atoms with Crippen molar-refractivity contribution in [2.24, 2.45) is 0 Å². The van der Waals surface area contributed by atoms with Gasteiger partial charge in [-0.2, -0.15) is 0 Å². The Morgan fingerprint density at radius 3 is 0.950 bits per heavy atom. The molecule has 0 unspecified atom stereocenters. The van der Waals surface area contributed by atoms with Crippen LogP contribution in [0.3, 0.4) is 0 Å². The van der Waals surface area contributed by atoms with E-state index in [0.717, 1.165) is 13.1 Å². The van der Waals surface area contributed by atoms with Crippen molar-refractivity contribution in [2.45, 2.75) is 0 Å². The predicted octanol–water partition coefficient (Wildman–Crippen LogP) is 2.08. The number of benzene rings is 3. The molecule has 2 heteroatoms. The third-order valence-corrected chi connectivity index (χ3v) is 9.81. The van der Waals surface area contributed by atoms with Gasteiger partial charge in [-0.3, -0.25) is 0 Å². The van der Waals surface area contributed by atoms with Crippen molar-refractivity contribution in [3.05, 3.63) is 91.0 Å². The van der Waals surface area contributed by atoms with Crippen LogP contribution in [0, 0.1) is 0 Å². The summed E-state index contributed by atoms with van der Waals surface area (Å²) in [7, 11) is 0. The molecule has 0 saturated carbocycles. The van der Waals surface area contributed by atoms with E-state index >= 15 is 0 Å². The van der Waals surface area contributed by atoms with Gasteiger partial charge in [0.2, 0.25) is 0 Å².